The van der Waals surface area contributed by atoms with Crippen molar-refractivity contribution in [2.45, 2.75) is 37.2 Å². The molecule has 0 heterocycles. The molecule has 0 radical (unpaired) electrons. The van der Waals surface area contributed by atoms with Crippen LogP contribution in [-0.4, -0.2) is 4.21 Å². The number of hydrogen-bond acceptors (Lipinski definition) is 1. The van der Waals surface area contributed by atoms with Gasteiger partial charge in [-0.2, -0.15) is 0 Å². The van der Waals surface area contributed by atoms with Crippen LogP contribution in [0.3, 0.4) is 0 Å². The smallest absolute Gasteiger partial charge is 0.0600 e. The van der Waals surface area contributed by atoms with Gasteiger partial charge in [0.1, 0.15) is 0 Å². The van der Waals surface area contributed by atoms with E-state index in [0.29, 0.717) is 0 Å². The van der Waals surface area contributed by atoms with E-state index in [1.165, 1.54) is 11.1 Å². The standard InChI is InChI=1S/C18H22OS/c1-3-17(15-11-7-5-8-12-15)20(19)18(4-2)16-13-9-6-10-14-16/h5-14,17-18H,3-4H2,1-2H3. The molecule has 0 saturated carbocycles. The summed E-state index contributed by atoms with van der Waals surface area (Å²) >= 11 is 0. The molecule has 0 amide bonds. The summed E-state index contributed by atoms with van der Waals surface area (Å²) in [5, 5.41) is 0.225. The summed E-state index contributed by atoms with van der Waals surface area (Å²) in [6.07, 6.45) is 1.81. The average Bonchev–Trinajstić information content (AvgIpc) is 2.51. The van der Waals surface area contributed by atoms with Crippen LogP contribution in [-0.2, 0) is 10.8 Å². The molecule has 0 saturated heterocycles. The van der Waals surface area contributed by atoms with Crippen molar-refractivity contribution < 1.29 is 4.21 Å². The molecule has 0 aromatic heterocycles. The van der Waals surface area contributed by atoms with E-state index >= 15 is 0 Å². The van der Waals surface area contributed by atoms with Crippen molar-refractivity contribution >= 4 is 10.8 Å². The van der Waals surface area contributed by atoms with Gasteiger partial charge in [0, 0.05) is 10.8 Å². The minimum atomic E-state index is -0.898. The molecule has 0 aliphatic heterocycles. The van der Waals surface area contributed by atoms with Gasteiger partial charge >= 0.3 is 0 Å². The van der Waals surface area contributed by atoms with E-state index in [4.69, 9.17) is 0 Å². The third kappa shape index (κ3) is 3.37. The van der Waals surface area contributed by atoms with E-state index in [1.54, 1.807) is 0 Å². The Hall–Kier alpha value is -1.41. The first-order valence-corrected chi connectivity index (χ1v) is 8.54. The third-order valence-corrected chi connectivity index (χ3v) is 5.98. The highest BCUT2D eigenvalue weighted by Crippen LogP contribution is 2.34. The SMILES string of the molecule is CCC(c1ccccc1)S(=O)C(CC)c1ccccc1. The van der Waals surface area contributed by atoms with Gasteiger partial charge in [-0.25, -0.2) is 0 Å². The molecule has 0 spiro atoms. The fraction of sp³-hybridized carbons (Fsp3) is 0.333. The van der Waals surface area contributed by atoms with Crippen molar-refractivity contribution in [2.75, 3.05) is 0 Å². The van der Waals surface area contributed by atoms with Crippen molar-refractivity contribution in [3.63, 3.8) is 0 Å². The van der Waals surface area contributed by atoms with Crippen LogP contribution in [0.4, 0.5) is 0 Å². The lowest BCUT2D eigenvalue weighted by Gasteiger charge is -2.22. The van der Waals surface area contributed by atoms with Gasteiger partial charge in [0.25, 0.3) is 0 Å². The van der Waals surface area contributed by atoms with Crippen molar-refractivity contribution in [2.24, 2.45) is 0 Å². The highest BCUT2D eigenvalue weighted by molar-refractivity contribution is 7.85. The first-order chi connectivity index (χ1) is 9.77. The summed E-state index contributed by atoms with van der Waals surface area (Å²) in [7, 11) is -0.898. The zero-order valence-corrected chi connectivity index (χ0v) is 13.0. The largest absolute Gasteiger partial charge is 0.258 e. The van der Waals surface area contributed by atoms with Crippen LogP contribution in [0.5, 0.6) is 0 Å². The van der Waals surface area contributed by atoms with Crippen molar-refractivity contribution in [1.29, 1.82) is 0 Å². The molecular formula is C18H22OS. The van der Waals surface area contributed by atoms with Gasteiger partial charge in [-0.05, 0) is 24.0 Å². The van der Waals surface area contributed by atoms with Crippen LogP contribution in [0, 0.1) is 0 Å². The molecule has 2 unspecified atom stereocenters. The Bertz CT molecular complexity index is 486. The topological polar surface area (TPSA) is 17.1 Å². The van der Waals surface area contributed by atoms with E-state index in [1.807, 2.05) is 36.4 Å². The Morgan fingerprint density at radius 1 is 0.750 bits per heavy atom. The maximum absolute atomic E-state index is 13.0. The maximum Gasteiger partial charge on any atom is 0.0600 e. The first kappa shape index (κ1) is 15.0. The molecule has 1 nitrogen and oxygen atoms in total. The predicted octanol–water partition coefficient (Wildman–Crippen LogP) is 5.04. The zero-order valence-electron chi connectivity index (χ0n) is 12.2. The lowest BCUT2D eigenvalue weighted by Crippen LogP contribution is -2.14. The predicted molar refractivity (Wildman–Crippen MR) is 87.1 cm³/mol. The number of benzene rings is 2. The van der Waals surface area contributed by atoms with Crippen LogP contribution in [0.15, 0.2) is 60.7 Å². The number of hydrogen-bond donors (Lipinski definition) is 0. The van der Waals surface area contributed by atoms with Crippen molar-refractivity contribution in [3.8, 4) is 0 Å². The fourth-order valence-corrected chi connectivity index (χ4v) is 4.51. The summed E-state index contributed by atoms with van der Waals surface area (Å²) in [6.45, 7) is 4.24. The molecular weight excluding hydrogens is 264 g/mol. The molecule has 0 aliphatic rings. The first-order valence-electron chi connectivity index (χ1n) is 7.27. The Kier molecular flexibility index (Phi) is 5.54. The maximum atomic E-state index is 13.0. The second-order valence-corrected chi connectivity index (χ2v) is 6.74. The Morgan fingerprint density at radius 2 is 1.10 bits per heavy atom. The van der Waals surface area contributed by atoms with Crippen LogP contribution in [0.1, 0.15) is 48.3 Å². The normalized spacial score (nSPS) is 15.5. The van der Waals surface area contributed by atoms with Crippen LogP contribution >= 0.6 is 0 Å². The minimum Gasteiger partial charge on any atom is -0.258 e. The van der Waals surface area contributed by atoms with Crippen molar-refractivity contribution in [3.05, 3.63) is 71.8 Å². The molecule has 0 bridgehead atoms. The molecule has 2 rings (SSSR count). The summed E-state index contributed by atoms with van der Waals surface area (Å²) in [4.78, 5) is 0. The molecule has 2 atom stereocenters. The molecule has 0 N–H and O–H groups in total. The molecule has 20 heavy (non-hydrogen) atoms. The summed E-state index contributed by atoms with van der Waals surface area (Å²) < 4.78 is 13.0. The molecule has 2 aromatic rings. The summed E-state index contributed by atoms with van der Waals surface area (Å²) in [5.74, 6) is 0. The molecule has 106 valence electrons. The number of rotatable bonds is 6. The fourth-order valence-electron chi connectivity index (χ4n) is 2.60. The van der Waals surface area contributed by atoms with E-state index in [9.17, 15) is 4.21 Å². The minimum absolute atomic E-state index is 0.112. The van der Waals surface area contributed by atoms with E-state index in [0.717, 1.165) is 12.8 Å². The van der Waals surface area contributed by atoms with Crippen LogP contribution < -0.4 is 0 Å². The monoisotopic (exact) mass is 286 g/mol. The van der Waals surface area contributed by atoms with Gasteiger partial charge in [-0.3, -0.25) is 4.21 Å². The third-order valence-electron chi connectivity index (χ3n) is 3.65. The van der Waals surface area contributed by atoms with Gasteiger partial charge in [-0.1, -0.05) is 74.5 Å². The average molecular weight is 286 g/mol. The Labute approximate surface area is 124 Å². The molecule has 2 aromatic carbocycles. The van der Waals surface area contributed by atoms with Crippen molar-refractivity contribution in [1.82, 2.24) is 0 Å². The van der Waals surface area contributed by atoms with E-state index < -0.39 is 10.8 Å². The van der Waals surface area contributed by atoms with Gasteiger partial charge in [0.05, 0.1) is 10.5 Å². The highest BCUT2D eigenvalue weighted by Gasteiger charge is 2.25. The summed E-state index contributed by atoms with van der Waals surface area (Å²) in [6, 6.07) is 20.5. The van der Waals surface area contributed by atoms with Crippen LogP contribution in [0.25, 0.3) is 0 Å². The molecule has 0 fully saturated rings. The lowest BCUT2D eigenvalue weighted by atomic mass is 10.1. The van der Waals surface area contributed by atoms with Gasteiger partial charge in [0.15, 0.2) is 0 Å². The van der Waals surface area contributed by atoms with E-state index in [2.05, 4.69) is 38.1 Å². The highest BCUT2D eigenvalue weighted by atomic mass is 32.2. The molecule has 2 heteroatoms. The molecule has 0 aliphatic carbocycles. The Balaban J connectivity index is 2.28. The van der Waals surface area contributed by atoms with Gasteiger partial charge in [0.2, 0.25) is 0 Å². The Morgan fingerprint density at radius 3 is 1.40 bits per heavy atom. The van der Waals surface area contributed by atoms with Gasteiger partial charge in [-0.15, -0.1) is 0 Å². The zero-order chi connectivity index (χ0) is 14.4. The van der Waals surface area contributed by atoms with Gasteiger partial charge < -0.3 is 0 Å². The second kappa shape index (κ2) is 7.39. The summed E-state index contributed by atoms with van der Waals surface area (Å²) in [5.41, 5.74) is 2.37. The quantitative estimate of drug-likeness (QED) is 0.727. The second-order valence-electron chi connectivity index (χ2n) is 4.94. The lowest BCUT2D eigenvalue weighted by molar-refractivity contribution is 0.652. The van der Waals surface area contributed by atoms with Crippen LogP contribution in [0.2, 0.25) is 0 Å². The van der Waals surface area contributed by atoms with E-state index in [-0.39, 0.29) is 10.5 Å².